The zero-order chi connectivity index (χ0) is 13.0. The maximum Gasteiger partial charge on any atom is 0.122 e. The first kappa shape index (κ1) is 13.4. The molecule has 1 fully saturated rings. The maximum absolute atomic E-state index is 10.7. The summed E-state index contributed by atoms with van der Waals surface area (Å²) in [5, 5.41) is 10.7. The molecule has 1 N–H and O–H groups in total. The van der Waals surface area contributed by atoms with Crippen molar-refractivity contribution in [2.24, 2.45) is 0 Å². The number of methoxy groups -OCH3 is 1. The van der Waals surface area contributed by atoms with Gasteiger partial charge in [0.15, 0.2) is 0 Å². The van der Waals surface area contributed by atoms with Crippen LogP contribution in [0, 0.1) is 0 Å². The van der Waals surface area contributed by atoms with Crippen molar-refractivity contribution in [3.63, 3.8) is 0 Å². The largest absolute Gasteiger partial charge is 0.496 e. The molecule has 0 radical (unpaired) electrons. The van der Waals surface area contributed by atoms with Crippen molar-refractivity contribution in [1.82, 2.24) is 0 Å². The molecule has 3 nitrogen and oxygen atoms in total. The molecule has 1 saturated heterocycles. The summed E-state index contributed by atoms with van der Waals surface area (Å²) in [6.07, 6.45) is 3.17. The van der Waals surface area contributed by atoms with Crippen LogP contribution < -0.4 is 4.74 Å². The Morgan fingerprint density at radius 2 is 2.22 bits per heavy atom. The first-order valence-corrected chi connectivity index (χ1v) is 6.63. The minimum absolute atomic E-state index is 0.179. The predicted octanol–water partition coefficient (Wildman–Crippen LogP) is 2.56. The molecule has 1 heterocycles. The van der Waals surface area contributed by atoms with Crippen molar-refractivity contribution in [2.45, 2.75) is 44.3 Å². The van der Waals surface area contributed by atoms with Gasteiger partial charge in [-0.05, 0) is 24.5 Å². The number of ether oxygens (including phenoxy) is 2. The molecule has 0 amide bonds. The maximum atomic E-state index is 10.7. The minimum atomic E-state index is -0.659. The van der Waals surface area contributed by atoms with E-state index in [-0.39, 0.29) is 6.10 Å². The van der Waals surface area contributed by atoms with E-state index in [1.807, 2.05) is 24.3 Å². The standard InChI is InChI=1S/C15H22O3/c1-3-13-11-15(16,8-9-18-13)10-12-6-4-5-7-14(12)17-2/h4-7,13,16H,3,8-11H2,1-2H3. The third-order valence-electron chi connectivity index (χ3n) is 3.70. The predicted molar refractivity (Wildman–Crippen MR) is 70.9 cm³/mol. The molecule has 2 unspecified atom stereocenters. The first-order valence-electron chi connectivity index (χ1n) is 6.63. The molecule has 0 saturated carbocycles. The second kappa shape index (κ2) is 5.72. The van der Waals surface area contributed by atoms with E-state index in [1.165, 1.54) is 0 Å². The highest BCUT2D eigenvalue weighted by Crippen LogP contribution is 2.32. The van der Waals surface area contributed by atoms with Crippen LogP contribution in [0.25, 0.3) is 0 Å². The van der Waals surface area contributed by atoms with Crippen molar-refractivity contribution in [3.8, 4) is 5.75 Å². The average molecular weight is 250 g/mol. The summed E-state index contributed by atoms with van der Waals surface area (Å²) in [6, 6.07) is 7.89. The summed E-state index contributed by atoms with van der Waals surface area (Å²) < 4.78 is 11.0. The van der Waals surface area contributed by atoms with Crippen molar-refractivity contribution in [3.05, 3.63) is 29.8 Å². The Morgan fingerprint density at radius 1 is 1.44 bits per heavy atom. The summed E-state index contributed by atoms with van der Waals surface area (Å²) in [7, 11) is 1.67. The molecule has 2 atom stereocenters. The third kappa shape index (κ3) is 3.03. The summed E-state index contributed by atoms with van der Waals surface area (Å²) in [5.74, 6) is 0.852. The molecule has 1 aromatic rings. The lowest BCUT2D eigenvalue weighted by Crippen LogP contribution is -2.42. The normalized spacial score (nSPS) is 28.1. The van der Waals surface area contributed by atoms with Crippen LogP contribution in [-0.4, -0.2) is 30.5 Å². The van der Waals surface area contributed by atoms with Crippen LogP contribution in [0.3, 0.4) is 0 Å². The van der Waals surface area contributed by atoms with Gasteiger partial charge in [-0.1, -0.05) is 25.1 Å². The highest BCUT2D eigenvalue weighted by atomic mass is 16.5. The van der Waals surface area contributed by atoms with E-state index >= 15 is 0 Å². The average Bonchev–Trinajstić information content (AvgIpc) is 2.39. The summed E-state index contributed by atoms with van der Waals surface area (Å²) in [5.41, 5.74) is 0.410. The van der Waals surface area contributed by atoms with Crippen molar-refractivity contribution >= 4 is 0 Å². The number of hydrogen-bond acceptors (Lipinski definition) is 3. The number of benzene rings is 1. The van der Waals surface area contributed by atoms with E-state index < -0.39 is 5.60 Å². The fourth-order valence-electron chi connectivity index (χ4n) is 2.63. The van der Waals surface area contributed by atoms with E-state index in [9.17, 15) is 5.11 Å². The van der Waals surface area contributed by atoms with E-state index in [0.717, 1.165) is 17.7 Å². The SMILES string of the molecule is CCC1CC(O)(Cc2ccccc2OC)CCO1. The lowest BCUT2D eigenvalue weighted by atomic mass is 9.84. The minimum Gasteiger partial charge on any atom is -0.496 e. The first-order chi connectivity index (χ1) is 8.67. The lowest BCUT2D eigenvalue weighted by molar-refractivity contribution is -0.103. The van der Waals surface area contributed by atoms with Gasteiger partial charge in [0, 0.05) is 19.4 Å². The number of aliphatic hydroxyl groups is 1. The Hall–Kier alpha value is -1.06. The molecule has 0 spiro atoms. The van der Waals surface area contributed by atoms with Crippen LogP contribution in [0.15, 0.2) is 24.3 Å². The van der Waals surface area contributed by atoms with Crippen molar-refractivity contribution < 1.29 is 14.6 Å². The molecule has 1 aromatic carbocycles. The molecule has 0 aliphatic carbocycles. The Morgan fingerprint density at radius 3 is 2.94 bits per heavy atom. The molecule has 3 heteroatoms. The smallest absolute Gasteiger partial charge is 0.122 e. The van der Waals surface area contributed by atoms with E-state index in [4.69, 9.17) is 9.47 Å². The Balaban J connectivity index is 2.11. The topological polar surface area (TPSA) is 38.7 Å². The fourth-order valence-corrected chi connectivity index (χ4v) is 2.63. The second-order valence-electron chi connectivity index (χ2n) is 5.07. The molecule has 0 bridgehead atoms. The Labute approximate surface area is 109 Å². The van der Waals surface area contributed by atoms with Crippen LogP contribution in [0.5, 0.6) is 5.75 Å². The summed E-state index contributed by atoms with van der Waals surface area (Å²) >= 11 is 0. The highest BCUT2D eigenvalue weighted by molar-refractivity contribution is 5.34. The van der Waals surface area contributed by atoms with Crippen molar-refractivity contribution in [2.75, 3.05) is 13.7 Å². The third-order valence-corrected chi connectivity index (χ3v) is 3.70. The molecular formula is C15H22O3. The van der Waals surface area contributed by atoms with Gasteiger partial charge in [0.05, 0.1) is 18.8 Å². The van der Waals surface area contributed by atoms with Gasteiger partial charge in [-0.3, -0.25) is 0 Å². The van der Waals surface area contributed by atoms with Gasteiger partial charge < -0.3 is 14.6 Å². The highest BCUT2D eigenvalue weighted by Gasteiger charge is 2.35. The van der Waals surface area contributed by atoms with Gasteiger partial charge in [-0.25, -0.2) is 0 Å². The molecule has 0 aromatic heterocycles. The summed E-state index contributed by atoms with van der Waals surface area (Å²) in [4.78, 5) is 0. The Kier molecular flexibility index (Phi) is 4.25. The van der Waals surface area contributed by atoms with Crippen LogP contribution >= 0.6 is 0 Å². The van der Waals surface area contributed by atoms with Gasteiger partial charge in [0.1, 0.15) is 5.75 Å². The fraction of sp³-hybridized carbons (Fsp3) is 0.600. The lowest BCUT2D eigenvalue weighted by Gasteiger charge is -2.37. The molecule has 2 rings (SSSR count). The zero-order valence-electron chi connectivity index (χ0n) is 11.2. The van der Waals surface area contributed by atoms with Gasteiger partial charge in [-0.2, -0.15) is 0 Å². The van der Waals surface area contributed by atoms with E-state index in [2.05, 4.69) is 6.92 Å². The number of para-hydroxylation sites is 1. The van der Waals surface area contributed by atoms with Crippen LogP contribution in [0.2, 0.25) is 0 Å². The van der Waals surface area contributed by atoms with Crippen LogP contribution in [0.1, 0.15) is 31.7 Å². The molecule has 1 aliphatic rings. The van der Waals surface area contributed by atoms with Gasteiger partial charge in [0.2, 0.25) is 0 Å². The number of hydrogen-bond donors (Lipinski definition) is 1. The van der Waals surface area contributed by atoms with Crippen LogP contribution in [0.4, 0.5) is 0 Å². The number of rotatable bonds is 4. The second-order valence-corrected chi connectivity index (χ2v) is 5.07. The molecule has 18 heavy (non-hydrogen) atoms. The van der Waals surface area contributed by atoms with Gasteiger partial charge in [0.25, 0.3) is 0 Å². The van der Waals surface area contributed by atoms with E-state index in [0.29, 0.717) is 25.9 Å². The van der Waals surface area contributed by atoms with Gasteiger partial charge >= 0.3 is 0 Å². The zero-order valence-corrected chi connectivity index (χ0v) is 11.2. The molecule has 100 valence electrons. The molecular weight excluding hydrogens is 228 g/mol. The van der Waals surface area contributed by atoms with Crippen LogP contribution in [-0.2, 0) is 11.2 Å². The Bertz CT molecular complexity index is 391. The summed E-state index contributed by atoms with van der Waals surface area (Å²) in [6.45, 7) is 2.74. The van der Waals surface area contributed by atoms with Crippen molar-refractivity contribution in [1.29, 1.82) is 0 Å². The molecule has 1 aliphatic heterocycles. The quantitative estimate of drug-likeness (QED) is 0.892. The monoisotopic (exact) mass is 250 g/mol. The van der Waals surface area contributed by atoms with Gasteiger partial charge in [-0.15, -0.1) is 0 Å². The van der Waals surface area contributed by atoms with E-state index in [1.54, 1.807) is 7.11 Å².